The summed E-state index contributed by atoms with van der Waals surface area (Å²) in [6.07, 6.45) is 2.43. The lowest BCUT2D eigenvalue weighted by atomic mass is 9.73. The van der Waals surface area contributed by atoms with Crippen LogP contribution in [0.25, 0.3) is 0 Å². The van der Waals surface area contributed by atoms with Gasteiger partial charge < -0.3 is 5.11 Å². The van der Waals surface area contributed by atoms with Crippen LogP contribution in [0.2, 0.25) is 0 Å². The molecule has 1 aliphatic carbocycles. The molecule has 3 heteroatoms. The Kier molecular flexibility index (Phi) is 4.44. The van der Waals surface area contributed by atoms with E-state index in [4.69, 9.17) is 0 Å². The largest absolute Gasteiger partial charge is 0.388 e. The molecule has 0 amide bonds. The Bertz CT molecular complexity index is 421. The van der Waals surface area contributed by atoms with Gasteiger partial charge in [-0.2, -0.15) is 0 Å². The van der Waals surface area contributed by atoms with E-state index in [1.165, 1.54) is 6.07 Å². The second-order valence-electron chi connectivity index (χ2n) is 5.64. The van der Waals surface area contributed by atoms with E-state index in [0.717, 1.165) is 19.3 Å². The molecule has 0 aromatic heterocycles. The van der Waals surface area contributed by atoms with Crippen LogP contribution in [-0.4, -0.2) is 5.11 Å². The highest BCUT2D eigenvalue weighted by atomic mass is 79.9. The SMILES string of the molecule is CC1CCC(C(O)c2ccc(Br)cc2F)CC1C. The summed E-state index contributed by atoms with van der Waals surface area (Å²) < 4.78 is 14.5. The molecule has 1 aromatic rings. The van der Waals surface area contributed by atoms with Crippen LogP contribution in [0.15, 0.2) is 22.7 Å². The van der Waals surface area contributed by atoms with Gasteiger partial charge in [-0.25, -0.2) is 4.39 Å². The third-order valence-electron chi connectivity index (χ3n) is 4.37. The number of rotatable bonds is 2. The molecule has 18 heavy (non-hydrogen) atoms. The van der Waals surface area contributed by atoms with E-state index in [1.54, 1.807) is 12.1 Å². The maximum Gasteiger partial charge on any atom is 0.130 e. The lowest BCUT2D eigenvalue weighted by molar-refractivity contribution is 0.0536. The molecule has 1 fully saturated rings. The van der Waals surface area contributed by atoms with Gasteiger partial charge in [0.1, 0.15) is 5.82 Å². The predicted octanol–water partition coefficient (Wildman–Crippen LogP) is 4.69. The van der Waals surface area contributed by atoms with Crippen molar-refractivity contribution in [2.24, 2.45) is 17.8 Å². The second-order valence-corrected chi connectivity index (χ2v) is 6.55. The summed E-state index contributed by atoms with van der Waals surface area (Å²) in [4.78, 5) is 0. The summed E-state index contributed by atoms with van der Waals surface area (Å²) in [5.74, 6) is 1.19. The van der Waals surface area contributed by atoms with Crippen LogP contribution in [0, 0.1) is 23.6 Å². The fourth-order valence-corrected chi connectivity index (χ4v) is 3.20. The third kappa shape index (κ3) is 2.94. The van der Waals surface area contributed by atoms with Gasteiger partial charge in [0.2, 0.25) is 0 Å². The Labute approximate surface area is 117 Å². The number of halogens is 2. The highest BCUT2D eigenvalue weighted by Crippen LogP contribution is 2.40. The molecule has 0 aliphatic heterocycles. The van der Waals surface area contributed by atoms with Crippen LogP contribution in [-0.2, 0) is 0 Å². The lowest BCUT2D eigenvalue weighted by Gasteiger charge is -2.34. The number of benzene rings is 1. The van der Waals surface area contributed by atoms with Crippen molar-refractivity contribution in [3.8, 4) is 0 Å². The van der Waals surface area contributed by atoms with Crippen molar-refractivity contribution < 1.29 is 9.50 Å². The van der Waals surface area contributed by atoms with Gasteiger partial charge in [-0.3, -0.25) is 0 Å². The standard InChI is InChI=1S/C15H20BrFO/c1-9-3-4-11(7-10(9)2)15(18)13-6-5-12(16)8-14(13)17/h5-6,8-11,15,18H,3-4,7H2,1-2H3. The minimum absolute atomic E-state index is 0.187. The summed E-state index contributed by atoms with van der Waals surface area (Å²) in [6.45, 7) is 4.48. The smallest absolute Gasteiger partial charge is 0.130 e. The summed E-state index contributed by atoms with van der Waals surface area (Å²) in [6, 6.07) is 4.90. The van der Waals surface area contributed by atoms with Crippen molar-refractivity contribution >= 4 is 15.9 Å². The van der Waals surface area contributed by atoms with Gasteiger partial charge in [0.25, 0.3) is 0 Å². The van der Waals surface area contributed by atoms with E-state index in [2.05, 4.69) is 29.8 Å². The predicted molar refractivity (Wildman–Crippen MR) is 74.7 cm³/mol. The minimum atomic E-state index is -0.673. The summed E-state index contributed by atoms with van der Waals surface area (Å²) >= 11 is 3.24. The zero-order valence-corrected chi connectivity index (χ0v) is 12.5. The molecule has 1 N–H and O–H groups in total. The first kappa shape index (κ1) is 14.0. The molecule has 1 aliphatic rings. The molecular weight excluding hydrogens is 295 g/mol. The number of aliphatic hydroxyl groups is 1. The van der Waals surface area contributed by atoms with Gasteiger partial charge in [0.05, 0.1) is 6.10 Å². The highest BCUT2D eigenvalue weighted by Gasteiger charge is 2.31. The Balaban J connectivity index is 2.13. The van der Waals surface area contributed by atoms with Crippen molar-refractivity contribution in [2.75, 3.05) is 0 Å². The Morgan fingerprint density at radius 1 is 1.28 bits per heavy atom. The molecular formula is C15H20BrFO. The maximum atomic E-state index is 13.8. The van der Waals surface area contributed by atoms with Gasteiger partial charge in [-0.05, 0) is 42.7 Å². The fourth-order valence-electron chi connectivity index (χ4n) is 2.87. The average molecular weight is 315 g/mol. The van der Waals surface area contributed by atoms with E-state index in [-0.39, 0.29) is 11.7 Å². The van der Waals surface area contributed by atoms with Gasteiger partial charge in [-0.15, -0.1) is 0 Å². The molecule has 0 heterocycles. The van der Waals surface area contributed by atoms with Crippen molar-refractivity contribution in [3.63, 3.8) is 0 Å². The van der Waals surface area contributed by atoms with Gasteiger partial charge in [0, 0.05) is 10.0 Å². The molecule has 1 nitrogen and oxygen atoms in total. The van der Waals surface area contributed by atoms with E-state index in [1.807, 2.05) is 0 Å². The normalized spacial score (nSPS) is 30.2. The van der Waals surface area contributed by atoms with Gasteiger partial charge in [-0.1, -0.05) is 42.3 Å². The molecule has 0 radical (unpaired) electrons. The lowest BCUT2D eigenvalue weighted by Crippen LogP contribution is -2.25. The van der Waals surface area contributed by atoms with Crippen LogP contribution in [0.5, 0.6) is 0 Å². The maximum absolute atomic E-state index is 13.8. The van der Waals surface area contributed by atoms with Crippen LogP contribution in [0.4, 0.5) is 4.39 Å². The summed E-state index contributed by atoms with van der Waals surface area (Å²) in [5, 5.41) is 10.4. The van der Waals surface area contributed by atoms with Crippen LogP contribution < -0.4 is 0 Å². The minimum Gasteiger partial charge on any atom is -0.388 e. The quantitative estimate of drug-likeness (QED) is 0.839. The van der Waals surface area contributed by atoms with Crippen LogP contribution in [0.3, 0.4) is 0 Å². The molecule has 100 valence electrons. The second kappa shape index (κ2) is 5.70. The molecule has 0 saturated heterocycles. The van der Waals surface area contributed by atoms with E-state index < -0.39 is 6.10 Å². The van der Waals surface area contributed by atoms with Gasteiger partial charge >= 0.3 is 0 Å². The van der Waals surface area contributed by atoms with E-state index in [0.29, 0.717) is 21.9 Å². The summed E-state index contributed by atoms with van der Waals surface area (Å²) in [7, 11) is 0. The average Bonchev–Trinajstić information content (AvgIpc) is 2.32. The first-order valence-corrected chi connectivity index (χ1v) is 7.41. The van der Waals surface area contributed by atoms with Crippen molar-refractivity contribution in [2.45, 2.75) is 39.2 Å². The zero-order valence-electron chi connectivity index (χ0n) is 10.9. The molecule has 0 spiro atoms. The molecule has 4 atom stereocenters. The first-order chi connectivity index (χ1) is 8.49. The highest BCUT2D eigenvalue weighted by molar-refractivity contribution is 9.10. The number of hydrogen-bond acceptors (Lipinski definition) is 1. The molecule has 1 aromatic carbocycles. The zero-order chi connectivity index (χ0) is 13.3. The molecule has 1 saturated carbocycles. The van der Waals surface area contributed by atoms with Crippen molar-refractivity contribution in [1.29, 1.82) is 0 Å². The first-order valence-electron chi connectivity index (χ1n) is 6.62. The van der Waals surface area contributed by atoms with Crippen LogP contribution >= 0.6 is 15.9 Å². The van der Waals surface area contributed by atoms with E-state index >= 15 is 0 Å². The number of aliphatic hydroxyl groups excluding tert-OH is 1. The molecule has 2 rings (SSSR count). The Morgan fingerprint density at radius 3 is 2.61 bits per heavy atom. The molecule has 0 bridgehead atoms. The Hall–Kier alpha value is -0.410. The topological polar surface area (TPSA) is 20.2 Å². The van der Waals surface area contributed by atoms with Gasteiger partial charge in [0.15, 0.2) is 0 Å². The molecule has 4 unspecified atom stereocenters. The van der Waals surface area contributed by atoms with Crippen LogP contribution in [0.1, 0.15) is 44.8 Å². The van der Waals surface area contributed by atoms with Crippen molar-refractivity contribution in [3.05, 3.63) is 34.1 Å². The monoisotopic (exact) mass is 314 g/mol. The van der Waals surface area contributed by atoms with E-state index in [9.17, 15) is 9.50 Å². The number of hydrogen-bond donors (Lipinski definition) is 1. The Morgan fingerprint density at radius 2 is 2.00 bits per heavy atom. The fraction of sp³-hybridized carbons (Fsp3) is 0.600. The summed E-state index contributed by atoms with van der Waals surface area (Å²) in [5.41, 5.74) is 0.435. The third-order valence-corrected chi connectivity index (χ3v) is 4.86. The van der Waals surface area contributed by atoms with Crippen molar-refractivity contribution in [1.82, 2.24) is 0 Å².